The van der Waals surface area contributed by atoms with Crippen LogP contribution in [0, 0.1) is 0 Å². The molecule has 11 heteroatoms. The van der Waals surface area contributed by atoms with E-state index in [-0.39, 0.29) is 24.5 Å². The SMILES string of the molecule is CC(O)CNC(=O)c1cccc(-c2cc3nc(N4CCOC(c5cnc(N)nc5)C4)ncc3s2)c1. The second kappa shape index (κ2) is 9.90. The van der Waals surface area contributed by atoms with Crippen LogP contribution in [0.15, 0.2) is 48.9 Å². The van der Waals surface area contributed by atoms with Crippen LogP contribution in [0.25, 0.3) is 20.7 Å². The minimum absolute atomic E-state index is 0.190. The Kier molecular flexibility index (Phi) is 6.53. The molecule has 10 nitrogen and oxygen atoms in total. The molecule has 4 heterocycles. The van der Waals surface area contributed by atoms with Gasteiger partial charge in [0.1, 0.15) is 6.10 Å². The van der Waals surface area contributed by atoms with Crippen molar-refractivity contribution in [3.63, 3.8) is 0 Å². The number of benzene rings is 1. The lowest BCUT2D eigenvalue weighted by Gasteiger charge is -2.32. The highest BCUT2D eigenvalue weighted by Gasteiger charge is 2.25. The van der Waals surface area contributed by atoms with Crippen molar-refractivity contribution in [2.24, 2.45) is 0 Å². The first-order chi connectivity index (χ1) is 17.0. The molecule has 0 spiro atoms. The number of nitrogens with one attached hydrogen (secondary N) is 1. The van der Waals surface area contributed by atoms with E-state index in [1.54, 1.807) is 36.7 Å². The molecule has 0 saturated carbocycles. The van der Waals surface area contributed by atoms with Gasteiger partial charge in [-0.25, -0.2) is 19.9 Å². The predicted octanol–water partition coefficient (Wildman–Crippen LogP) is 2.42. The van der Waals surface area contributed by atoms with Crippen molar-refractivity contribution in [2.45, 2.75) is 19.1 Å². The van der Waals surface area contributed by atoms with Gasteiger partial charge in [0.25, 0.3) is 5.91 Å². The van der Waals surface area contributed by atoms with E-state index in [9.17, 15) is 9.90 Å². The van der Waals surface area contributed by atoms with Gasteiger partial charge in [-0.15, -0.1) is 11.3 Å². The average Bonchev–Trinajstić information content (AvgIpc) is 3.31. The molecule has 3 aromatic heterocycles. The minimum atomic E-state index is -0.598. The first-order valence-electron chi connectivity index (χ1n) is 11.2. The van der Waals surface area contributed by atoms with E-state index in [0.29, 0.717) is 31.2 Å². The van der Waals surface area contributed by atoms with Crippen LogP contribution in [0.3, 0.4) is 0 Å². The summed E-state index contributed by atoms with van der Waals surface area (Å²) in [5.74, 6) is 0.650. The maximum absolute atomic E-state index is 12.4. The molecule has 5 rings (SSSR count). The van der Waals surface area contributed by atoms with E-state index in [1.165, 1.54) is 0 Å². The zero-order chi connectivity index (χ0) is 24.4. The number of hydrogen-bond donors (Lipinski definition) is 3. The van der Waals surface area contributed by atoms with Crippen LogP contribution in [0.5, 0.6) is 0 Å². The Bertz CT molecular complexity index is 1340. The van der Waals surface area contributed by atoms with E-state index in [0.717, 1.165) is 26.2 Å². The monoisotopic (exact) mass is 491 g/mol. The number of carbonyl (C=O) groups excluding carboxylic acids is 1. The van der Waals surface area contributed by atoms with Gasteiger partial charge in [-0.1, -0.05) is 12.1 Å². The van der Waals surface area contributed by atoms with Crippen LogP contribution in [-0.2, 0) is 4.74 Å². The van der Waals surface area contributed by atoms with Crippen molar-refractivity contribution < 1.29 is 14.6 Å². The second-order valence-electron chi connectivity index (χ2n) is 8.35. The van der Waals surface area contributed by atoms with Crippen molar-refractivity contribution in [3.05, 3.63) is 60.0 Å². The number of aliphatic hydroxyl groups is 1. The third-order valence-electron chi connectivity index (χ3n) is 5.64. The Morgan fingerprint density at radius 1 is 1.29 bits per heavy atom. The van der Waals surface area contributed by atoms with Crippen LogP contribution in [0.1, 0.15) is 28.9 Å². The summed E-state index contributed by atoms with van der Waals surface area (Å²) in [6.45, 7) is 3.64. The number of ether oxygens (including phenoxy) is 1. The fourth-order valence-electron chi connectivity index (χ4n) is 3.83. The fraction of sp³-hybridized carbons (Fsp3) is 0.292. The Hall–Kier alpha value is -3.67. The van der Waals surface area contributed by atoms with Crippen molar-refractivity contribution >= 4 is 39.4 Å². The standard InChI is InChI=1S/C24H25N7O3S/c1-14(32)9-26-22(33)16-4-2-3-15(7-16)20-8-18-21(35-20)12-29-24(30-18)31-5-6-34-19(13-31)17-10-27-23(25)28-11-17/h2-4,7-8,10-12,14,19,32H,5-6,9,13H2,1H3,(H,26,33)(H2,25,27,28). The van der Waals surface area contributed by atoms with Crippen molar-refractivity contribution in [3.8, 4) is 10.4 Å². The maximum Gasteiger partial charge on any atom is 0.251 e. The summed E-state index contributed by atoms with van der Waals surface area (Å²) in [6.07, 6.45) is 4.42. The van der Waals surface area contributed by atoms with Gasteiger partial charge in [-0.3, -0.25) is 4.79 Å². The molecule has 1 amide bonds. The Morgan fingerprint density at radius 2 is 2.11 bits per heavy atom. The smallest absolute Gasteiger partial charge is 0.251 e. The summed E-state index contributed by atoms with van der Waals surface area (Å²) in [5, 5.41) is 12.1. The number of morpholine rings is 1. The largest absolute Gasteiger partial charge is 0.392 e. The third kappa shape index (κ3) is 5.21. The first kappa shape index (κ1) is 23.1. The number of hydrogen-bond acceptors (Lipinski definition) is 10. The molecule has 1 aliphatic rings. The van der Waals surface area contributed by atoms with Gasteiger partial charge < -0.3 is 25.8 Å². The number of carbonyl (C=O) groups is 1. The lowest BCUT2D eigenvalue weighted by Crippen LogP contribution is -2.39. The number of aliphatic hydroxyl groups excluding tert-OH is 1. The molecule has 180 valence electrons. The molecule has 4 N–H and O–H groups in total. The topological polar surface area (TPSA) is 139 Å². The summed E-state index contributed by atoms with van der Waals surface area (Å²) >= 11 is 1.57. The van der Waals surface area contributed by atoms with Crippen molar-refractivity contribution in [1.29, 1.82) is 0 Å². The van der Waals surface area contributed by atoms with Gasteiger partial charge in [0.05, 0.1) is 35.7 Å². The van der Waals surface area contributed by atoms with E-state index in [2.05, 4.69) is 25.2 Å². The summed E-state index contributed by atoms with van der Waals surface area (Å²) in [5.41, 5.74) is 8.77. The lowest BCUT2D eigenvalue weighted by molar-refractivity contribution is 0.0388. The van der Waals surface area contributed by atoms with Crippen LogP contribution >= 0.6 is 11.3 Å². The lowest BCUT2D eigenvalue weighted by atomic mass is 10.1. The molecule has 1 aliphatic heterocycles. The van der Waals surface area contributed by atoms with E-state index in [4.69, 9.17) is 15.5 Å². The van der Waals surface area contributed by atoms with Crippen molar-refractivity contribution in [1.82, 2.24) is 25.3 Å². The highest BCUT2D eigenvalue weighted by molar-refractivity contribution is 7.22. The van der Waals surface area contributed by atoms with Gasteiger partial charge in [0, 0.05) is 41.5 Å². The predicted molar refractivity (Wildman–Crippen MR) is 134 cm³/mol. The number of thiophene rings is 1. The van der Waals surface area contributed by atoms with Gasteiger partial charge >= 0.3 is 0 Å². The molecule has 0 bridgehead atoms. The zero-order valence-electron chi connectivity index (χ0n) is 19.1. The molecule has 1 saturated heterocycles. The van der Waals surface area contributed by atoms with E-state index >= 15 is 0 Å². The number of fused-ring (bicyclic) bond motifs is 1. The molecule has 2 unspecified atom stereocenters. The number of nitrogens with two attached hydrogens (primary N) is 1. The van der Waals surface area contributed by atoms with Crippen LogP contribution in [-0.4, -0.2) is 63.3 Å². The summed E-state index contributed by atoms with van der Waals surface area (Å²) in [7, 11) is 0. The quantitative estimate of drug-likeness (QED) is 0.371. The number of anilines is 2. The molecule has 0 aliphatic carbocycles. The summed E-state index contributed by atoms with van der Waals surface area (Å²) in [6, 6.07) is 9.43. The second-order valence-corrected chi connectivity index (χ2v) is 9.43. The maximum atomic E-state index is 12.4. The number of aromatic nitrogens is 4. The van der Waals surface area contributed by atoms with Gasteiger partial charge in [0.15, 0.2) is 0 Å². The molecular weight excluding hydrogens is 466 g/mol. The van der Waals surface area contributed by atoms with Crippen LogP contribution in [0.4, 0.5) is 11.9 Å². The van der Waals surface area contributed by atoms with Gasteiger partial charge in [0.2, 0.25) is 11.9 Å². The normalized spacial score (nSPS) is 16.9. The number of amides is 1. The number of nitrogen functional groups attached to an aromatic ring is 1. The molecular formula is C24H25N7O3S. The highest BCUT2D eigenvalue weighted by atomic mass is 32.1. The van der Waals surface area contributed by atoms with Gasteiger partial charge in [-0.2, -0.15) is 0 Å². The Balaban J connectivity index is 1.35. The minimum Gasteiger partial charge on any atom is -0.392 e. The van der Waals surface area contributed by atoms with E-state index in [1.807, 2.05) is 30.5 Å². The number of nitrogens with zero attached hydrogens (tertiary/aromatic N) is 5. The Labute approximate surface area is 205 Å². The Morgan fingerprint density at radius 3 is 2.91 bits per heavy atom. The highest BCUT2D eigenvalue weighted by Crippen LogP contribution is 2.34. The fourth-order valence-corrected chi connectivity index (χ4v) is 4.79. The third-order valence-corrected chi connectivity index (χ3v) is 6.75. The van der Waals surface area contributed by atoms with Crippen molar-refractivity contribution in [2.75, 3.05) is 36.9 Å². The zero-order valence-corrected chi connectivity index (χ0v) is 19.9. The molecule has 1 aromatic carbocycles. The van der Waals surface area contributed by atoms with Crippen LogP contribution in [0.2, 0.25) is 0 Å². The first-order valence-corrected chi connectivity index (χ1v) is 12.0. The summed E-state index contributed by atoms with van der Waals surface area (Å²) in [4.78, 5) is 33.0. The van der Waals surface area contributed by atoms with Gasteiger partial charge in [-0.05, 0) is 30.7 Å². The van der Waals surface area contributed by atoms with E-state index < -0.39 is 6.10 Å². The molecule has 2 atom stereocenters. The molecule has 35 heavy (non-hydrogen) atoms. The molecule has 4 aromatic rings. The molecule has 0 radical (unpaired) electrons. The average molecular weight is 492 g/mol. The molecule has 1 fully saturated rings. The van der Waals surface area contributed by atoms with Crippen LogP contribution < -0.4 is 16.0 Å². The number of rotatable bonds is 6. The summed E-state index contributed by atoms with van der Waals surface area (Å²) < 4.78 is 6.87.